The molecule has 0 radical (unpaired) electrons. The molecule has 0 aliphatic carbocycles. The molecule has 2 unspecified atom stereocenters. The molecule has 3 rings (SSSR count). The highest BCUT2D eigenvalue weighted by Gasteiger charge is 2.35. The second kappa shape index (κ2) is 7.47. The van der Waals surface area contributed by atoms with Crippen LogP contribution in [0.5, 0.6) is 5.75 Å². The Morgan fingerprint density at radius 3 is 2.92 bits per heavy atom. The number of benzene rings is 1. The monoisotopic (exact) mass is 358 g/mol. The maximum atomic E-state index is 12.8. The summed E-state index contributed by atoms with van der Waals surface area (Å²) in [7, 11) is 2.89. The minimum atomic E-state index is -0.737. The lowest BCUT2D eigenvalue weighted by molar-refractivity contribution is -0.142. The van der Waals surface area contributed by atoms with E-state index in [1.165, 1.54) is 7.11 Å². The second-order valence-electron chi connectivity index (χ2n) is 6.08. The van der Waals surface area contributed by atoms with Crippen LogP contribution in [0.1, 0.15) is 29.9 Å². The zero-order valence-electron chi connectivity index (χ0n) is 15.0. The molecule has 1 aliphatic heterocycles. The Morgan fingerprint density at radius 2 is 2.19 bits per heavy atom. The van der Waals surface area contributed by atoms with Gasteiger partial charge in [0.1, 0.15) is 17.8 Å². The number of nitrogens with zero attached hydrogens (tertiary/aromatic N) is 2. The van der Waals surface area contributed by atoms with Gasteiger partial charge >= 0.3 is 12.0 Å². The first-order chi connectivity index (χ1) is 12.5. The molecule has 1 aromatic carbocycles. The largest absolute Gasteiger partial charge is 0.497 e. The molecule has 2 aromatic rings. The normalized spacial score (nSPS) is 17.2. The van der Waals surface area contributed by atoms with Gasteiger partial charge in [-0.2, -0.15) is 0 Å². The van der Waals surface area contributed by atoms with E-state index in [0.717, 1.165) is 17.0 Å². The fourth-order valence-corrected chi connectivity index (χ4v) is 3.15. The number of nitrogens with one attached hydrogen (secondary N) is 2. The lowest BCUT2D eigenvalue weighted by atomic mass is 9.96. The van der Waals surface area contributed by atoms with Gasteiger partial charge in [0, 0.05) is 18.7 Å². The van der Waals surface area contributed by atoms with Gasteiger partial charge in [0.2, 0.25) is 0 Å². The van der Waals surface area contributed by atoms with Crippen LogP contribution in [0.3, 0.4) is 0 Å². The van der Waals surface area contributed by atoms with E-state index in [9.17, 15) is 9.59 Å². The molecule has 26 heavy (non-hydrogen) atoms. The minimum Gasteiger partial charge on any atom is -0.497 e. The number of hydrogen-bond donors (Lipinski definition) is 2. The molecule has 0 fully saturated rings. The number of rotatable bonds is 4. The van der Waals surface area contributed by atoms with Crippen molar-refractivity contribution in [2.24, 2.45) is 0 Å². The van der Waals surface area contributed by atoms with E-state index < -0.39 is 12.0 Å². The Kier molecular flexibility index (Phi) is 5.11. The molecule has 138 valence electrons. The summed E-state index contributed by atoms with van der Waals surface area (Å²) in [5.41, 5.74) is 2.69. The van der Waals surface area contributed by atoms with Crippen LogP contribution in [0.4, 0.5) is 4.79 Å². The van der Waals surface area contributed by atoms with Crippen LogP contribution in [0, 0.1) is 0 Å². The van der Waals surface area contributed by atoms with Crippen LogP contribution in [0.2, 0.25) is 0 Å². The third-order valence-electron chi connectivity index (χ3n) is 4.49. The molecule has 1 aliphatic rings. The number of imidazole rings is 1. The van der Waals surface area contributed by atoms with Gasteiger partial charge in [-0.15, -0.1) is 0 Å². The summed E-state index contributed by atoms with van der Waals surface area (Å²) >= 11 is 0. The summed E-state index contributed by atoms with van der Waals surface area (Å²) in [4.78, 5) is 33.7. The van der Waals surface area contributed by atoms with Crippen LogP contribution in [-0.4, -0.2) is 53.7 Å². The molecule has 1 aromatic heterocycles. The van der Waals surface area contributed by atoms with Crippen molar-refractivity contribution in [2.45, 2.75) is 25.4 Å². The van der Waals surface area contributed by atoms with Gasteiger partial charge in [-0.1, -0.05) is 12.1 Å². The lowest BCUT2D eigenvalue weighted by Crippen LogP contribution is -2.50. The maximum Gasteiger partial charge on any atom is 0.328 e. The average Bonchev–Trinajstić information content (AvgIpc) is 3.15. The van der Waals surface area contributed by atoms with Crippen molar-refractivity contribution in [3.8, 4) is 5.75 Å². The molecule has 0 spiro atoms. The van der Waals surface area contributed by atoms with Gasteiger partial charge in [-0.3, -0.25) is 0 Å². The Balaban J connectivity index is 1.93. The van der Waals surface area contributed by atoms with Gasteiger partial charge in [-0.25, -0.2) is 14.6 Å². The van der Waals surface area contributed by atoms with Gasteiger partial charge in [0.25, 0.3) is 0 Å². The first kappa shape index (κ1) is 17.8. The number of methoxy groups -OCH3 is 2. The highest BCUT2D eigenvalue weighted by molar-refractivity contribution is 5.83. The number of amides is 2. The topological polar surface area (TPSA) is 96.6 Å². The number of hydrogen-bond acceptors (Lipinski definition) is 5. The number of aromatic amines is 1. The molecule has 8 heteroatoms. The van der Waals surface area contributed by atoms with E-state index in [2.05, 4.69) is 20.0 Å². The summed E-state index contributed by atoms with van der Waals surface area (Å²) in [5.74, 6) is 0.210. The molecule has 2 atom stereocenters. The zero-order valence-corrected chi connectivity index (χ0v) is 15.0. The summed E-state index contributed by atoms with van der Waals surface area (Å²) in [6.07, 6.45) is 2.30. The highest BCUT2D eigenvalue weighted by atomic mass is 16.5. The minimum absolute atomic E-state index is 0.343. The summed E-state index contributed by atoms with van der Waals surface area (Å²) < 4.78 is 9.99. The predicted octanol–water partition coefficient (Wildman–Crippen LogP) is 1.64. The van der Waals surface area contributed by atoms with E-state index in [-0.39, 0.29) is 12.1 Å². The number of carbonyl (C=O) groups is 2. The van der Waals surface area contributed by atoms with Crippen molar-refractivity contribution in [1.82, 2.24) is 20.2 Å². The van der Waals surface area contributed by atoms with Gasteiger partial charge < -0.3 is 24.7 Å². The molecule has 0 bridgehead atoms. The molecule has 0 saturated carbocycles. The number of ether oxygens (including phenoxy) is 2. The standard InChI is InChI=1S/C18H22N4O4/c1-11(17(23)26-3)21-18(24)22-8-7-14-15(20-10-19-14)16(22)12-5-4-6-13(9-12)25-2/h4-6,9-11,16H,7-8H2,1-3H3,(H,19,20)(H,21,24). The fraction of sp³-hybridized carbons (Fsp3) is 0.389. The zero-order chi connectivity index (χ0) is 18.7. The van der Waals surface area contributed by atoms with Crippen molar-refractivity contribution in [3.63, 3.8) is 0 Å². The Morgan fingerprint density at radius 1 is 1.38 bits per heavy atom. The maximum absolute atomic E-state index is 12.8. The molecular formula is C18H22N4O4. The Hall–Kier alpha value is -3.03. The van der Waals surface area contributed by atoms with Crippen LogP contribution in [-0.2, 0) is 16.0 Å². The van der Waals surface area contributed by atoms with E-state index >= 15 is 0 Å². The van der Waals surface area contributed by atoms with Crippen molar-refractivity contribution >= 4 is 12.0 Å². The average molecular weight is 358 g/mol. The Bertz CT molecular complexity index is 804. The highest BCUT2D eigenvalue weighted by Crippen LogP contribution is 2.34. The molecule has 0 saturated heterocycles. The number of esters is 1. The van der Waals surface area contributed by atoms with E-state index in [1.807, 2.05) is 24.3 Å². The smallest absolute Gasteiger partial charge is 0.328 e. The van der Waals surface area contributed by atoms with Crippen LogP contribution < -0.4 is 10.1 Å². The van der Waals surface area contributed by atoms with Crippen molar-refractivity contribution in [2.75, 3.05) is 20.8 Å². The van der Waals surface area contributed by atoms with Crippen LogP contribution in [0.25, 0.3) is 0 Å². The predicted molar refractivity (Wildman–Crippen MR) is 93.8 cm³/mol. The SMILES string of the molecule is COC(=O)C(C)NC(=O)N1CCc2[nH]cnc2C1c1cccc(OC)c1. The fourth-order valence-electron chi connectivity index (χ4n) is 3.15. The first-order valence-electron chi connectivity index (χ1n) is 8.36. The summed E-state index contributed by atoms with van der Waals surface area (Å²) in [5, 5.41) is 2.69. The van der Waals surface area contributed by atoms with Crippen LogP contribution in [0.15, 0.2) is 30.6 Å². The summed E-state index contributed by atoms with van der Waals surface area (Å²) in [6, 6.07) is 6.09. The molecule has 2 N–H and O–H groups in total. The number of aromatic nitrogens is 2. The Labute approximate surface area is 151 Å². The van der Waals surface area contributed by atoms with E-state index in [1.54, 1.807) is 25.3 Å². The van der Waals surface area contributed by atoms with Crippen molar-refractivity contribution in [1.29, 1.82) is 0 Å². The number of H-pyrrole nitrogens is 1. The second-order valence-corrected chi connectivity index (χ2v) is 6.08. The van der Waals surface area contributed by atoms with Crippen molar-refractivity contribution in [3.05, 3.63) is 47.5 Å². The first-order valence-corrected chi connectivity index (χ1v) is 8.36. The molecular weight excluding hydrogens is 336 g/mol. The number of fused-ring (bicyclic) bond motifs is 1. The number of urea groups is 1. The van der Waals surface area contributed by atoms with Gasteiger partial charge in [-0.05, 0) is 24.6 Å². The van der Waals surface area contributed by atoms with Gasteiger partial charge in [0.15, 0.2) is 0 Å². The molecule has 2 heterocycles. The quantitative estimate of drug-likeness (QED) is 0.810. The third kappa shape index (κ3) is 3.35. The van der Waals surface area contributed by atoms with E-state index in [0.29, 0.717) is 18.7 Å². The van der Waals surface area contributed by atoms with Gasteiger partial charge in [0.05, 0.1) is 26.2 Å². The lowest BCUT2D eigenvalue weighted by Gasteiger charge is -2.35. The molecule has 8 nitrogen and oxygen atoms in total. The van der Waals surface area contributed by atoms with Crippen molar-refractivity contribution < 1.29 is 19.1 Å². The van der Waals surface area contributed by atoms with Crippen LogP contribution >= 0.6 is 0 Å². The summed E-state index contributed by atoms with van der Waals surface area (Å²) in [6.45, 7) is 2.09. The van der Waals surface area contributed by atoms with E-state index in [4.69, 9.17) is 4.74 Å². The number of carbonyl (C=O) groups excluding carboxylic acids is 2. The molecule has 2 amide bonds. The third-order valence-corrected chi connectivity index (χ3v) is 4.49.